The summed E-state index contributed by atoms with van der Waals surface area (Å²) in [6.07, 6.45) is 11.2. The minimum Gasteiger partial charge on any atom is -0.463 e. The quantitative estimate of drug-likeness (QED) is 0.402. The zero-order valence-electron chi connectivity index (χ0n) is 10.4. The van der Waals surface area contributed by atoms with E-state index in [1.54, 1.807) is 11.6 Å². The monoisotopic (exact) mass is 222 g/mol. The van der Waals surface area contributed by atoms with Gasteiger partial charge in [0, 0.05) is 6.08 Å². The summed E-state index contributed by atoms with van der Waals surface area (Å²) in [4.78, 5) is 11.2. The molecule has 90 valence electrons. The first kappa shape index (κ1) is 13.0. The van der Waals surface area contributed by atoms with Gasteiger partial charge < -0.3 is 4.74 Å². The van der Waals surface area contributed by atoms with Gasteiger partial charge in [-0.2, -0.15) is 0 Å². The Balaban J connectivity index is 2.25. The van der Waals surface area contributed by atoms with E-state index < -0.39 is 0 Å². The van der Waals surface area contributed by atoms with Gasteiger partial charge >= 0.3 is 5.97 Å². The van der Waals surface area contributed by atoms with Gasteiger partial charge in [-0.1, -0.05) is 17.2 Å². The van der Waals surface area contributed by atoms with Crippen molar-refractivity contribution in [2.45, 2.75) is 52.4 Å². The zero-order valence-corrected chi connectivity index (χ0v) is 10.4. The van der Waals surface area contributed by atoms with Crippen LogP contribution in [-0.4, -0.2) is 12.6 Å². The molecule has 16 heavy (non-hydrogen) atoms. The fourth-order valence-electron chi connectivity index (χ4n) is 1.99. The molecule has 0 spiro atoms. The van der Waals surface area contributed by atoms with Crippen molar-refractivity contribution < 1.29 is 9.53 Å². The van der Waals surface area contributed by atoms with Crippen molar-refractivity contribution in [2.24, 2.45) is 0 Å². The number of allylic oxidation sites excluding steroid dienone is 3. The lowest BCUT2D eigenvalue weighted by Crippen LogP contribution is -2.00. The first-order chi connectivity index (χ1) is 7.72. The summed E-state index contributed by atoms with van der Waals surface area (Å²) in [7, 11) is 0. The van der Waals surface area contributed by atoms with Crippen molar-refractivity contribution in [1.82, 2.24) is 0 Å². The van der Waals surface area contributed by atoms with Gasteiger partial charge in [0.05, 0.1) is 6.61 Å². The minimum absolute atomic E-state index is 0.214. The Morgan fingerprint density at radius 3 is 2.69 bits per heavy atom. The number of rotatable bonds is 5. The highest BCUT2D eigenvalue weighted by Gasteiger charge is 2.05. The van der Waals surface area contributed by atoms with E-state index in [4.69, 9.17) is 4.74 Å². The van der Waals surface area contributed by atoms with Crippen molar-refractivity contribution in [3.8, 4) is 0 Å². The molecule has 1 aliphatic carbocycles. The van der Waals surface area contributed by atoms with Crippen molar-refractivity contribution in [2.75, 3.05) is 6.61 Å². The van der Waals surface area contributed by atoms with Crippen LogP contribution in [0.4, 0.5) is 0 Å². The third-order valence-corrected chi connectivity index (χ3v) is 2.87. The van der Waals surface area contributed by atoms with Crippen molar-refractivity contribution >= 4 is 5.97 Å². The Labute approximate surface area is 98.4 Å². The molecule has 0 bridgehead atoms. The van der Waals surface area contributed by atoms with Crippen LogP contribution in [0.15, 0.2) is 23.3 Å². The summed E-state index contributed by atoms with van der Waals surface area (Å²) in [6, 6.07) is 0. The van der Waals surface area contributed by atoms with Gasteiger partial charge in [-0.25, -0.2) is 4.79 Å². The molecule has 0 aromatic carbocycles. The smallest absolute Gasteiger partial charge is 0.330 e. The van der Waals surface area contributed by atoms with E-state index in [0.717, 1.165) is 18.4 Å². The highest BCUT2D eigenvalue weighted by molar-refractivity contribution is 5.82. The van der Waals surface area contributed by atoms with E-state index in [1.807, 2.05) is 13.8 Å². The second-order valence-electron chi connectivity index (χ2n) is 4.35. The Hall–Kier alpha value is -1.05. The average Bonchev–Trinajstić information content (AvgIpc) is 2.70. The van der Waals surface area contributed by atoms with Crippen LogP contribution >= 0.6 is 0 Å². The number of ether oxygens (including phenoxy) is 1. The predicted octanol–water partition coefficient (Wildman–Crippen LogP) is 3.78. The second kappa shape index (κ2) is 7.26. The molecule has 0 heterocycles. The summed E-state index contributed by atoms with van der Waals surface area (Å²) in [5.74, 6) is -0.214. The largest absolute Gasteiger partial charge is 0.463 e. The summed E-state index contributed by atoms with van der Waals surface area (Å²) in [5.41, 5.74) is 2.71. The van der Waals surface area contributed by atoms with Gasteiger partial charge in [0.2, 0.25) is 0 Å². The molecule has 0 N–H and O–H groups in total. The SMILES string of the molecule is CCOC(=O)C=C(C)CCC=C1CCCC1. The Morgan fingerprint density at radius 2 is 2.06 bits per heavy atom. The van der Waals surface area contributed by atoms with E-state index in [2.05, 4.69) is 6.08 Å². The third-order valence-electron chi connectivity index (χ3n) is 2.87. The molecule has 0 amide bonds. The summed E-state index contributed by atoms with van der Waals surface area (Å²) in [5, 5.41) is 0. The van der Waals surface area contributed by atoms with E-state index in [-0.39, 0.29) is 5.97 Å². The van der Waals surface area contributed by atoms with Gasteiger partial charge in [0.15, 0.2) is 0 Å². The van der Waals surface area contributed by atoms with Crippen molar-refractivity contribution in [1.29, 1.82) is 0 Å². The molecule has 0 unspecified atom stereocenters. The van der Waals surface area contributed by atoms with Crippen LogP contribution in [0, 0.1) is 0 Å². The van der Waals surface area contributed by atoms with Gasteiger partial charge in [-0.15, -0.1) is 0 Å². The van der Waals surface area contributed by atoms with Crippen molar-refractivity contribution in [3.63, 3.8) is 0 Å². The Kier molecular flexibility index (Phi) is 5.91. The van der Waals surface area contributed by atoms with Crippen LogP contribution in [0.5, 0.6) is 0 Å². The fraction of sp³-hybridized carbons (Fsp3) is 0.643. The average molecular weight is 222 g/mol. The number of carbonyl (C=O) groups excluding carboxylic acids is 1. The number of hydrogen-bond donors (Lipinski definition) is 0. The molecule has 2 heteroatoms. The van der Waals surface area contributed by atoms with E-state index in [1.165, 1.54) is 25.7 Å². The third kappa shape index (κ3) is 5.15. The molecule has 0 atom stereocenters. The molecule has 1 rings (SSSR count). The lowest BCUT2D eigenvalue weighted by molar-refractivity contribution is -0.137. The Bertz CT molecular complexity index is 279. The first-order valence-electron chi connectivity index (χ1n) is 6.24. The van der Waals surface area contributed by atoms with Crippen LogP contribution in [0.2, 0.25) is 0 Å². The topological polar surface area (TPSA) is 26.3 Å². The molecule has 0 radical (unpaired) electrons. The lowest BCUT2D eigenvalue weighted by Gasteiger charge is -2.00. The van der Waals surface area contributed by atoms with Crippen LogP contribution in [0.1, 0.15) is 52.4 Å². The van der Waals surface area contributed by atoms with Gasteiger partial charge in [0.25, 0.3) is 0 Å². The molecule has 1 saturated carbocycles. The number of carbonyl (C=O) groups is 1. The van der Waals surface area contributed by atoms with Gasteiger partial charge in [-0.3, -0.25) is 0 Å². The number of esters is 1. The van der Waals surface area contributed by atoms with E-state index in [0.29, 0.717) is 6.61 Å². The fourth-order valence-corrected chi connectivity index (χ4v) is 1.99. The van der Waals surface area contributed by atoms with Crippen LogP contribution in [0.25, 0.3) is 0 Å². The summed E-state index contributed by atoms with van der Waals surface area (Å²) >= 11 is 0. The molecule has 0 saturated heterocycles. The highest BCUT2D eigenvalue weighted by atomic mass is 16.5. The van der Waals surface area contributed by atoms with Crippen molar-refractivity contribution in [3.05, 3.63) is 23.3 Å². The first-order valence-corrected chi connectivity index (χ1v) is 6.24. The molecular weight excluding hydrogens is 200 g/mol. The van der Waals surface area contributed by atoms with Crippen LogP contribution < -0.4 is 0 Å². The summed E-state index contributed by atoms with van der Waals surface area (Å²) in [6.45, 7) is 4.27. The lowest BCUT2D eigenvalue weighted by atomic mass is 10.1. The Morgan fingerprint density at radius 1 is 1.38 bits per heavy atom. The van der Waals surface area contributed by atoms with E-state index in [9.17, 15) is 4.79 Å². The standard InChI is InChI=1S/C14H22O2/c1-3-16-14(15)11-12(2)7-6-10-13-8-4-5-9-13/h10-11H,3-9H2,1-2H3. The summed E-state index contributed by atoms with van der Waals surface area (Å²) < 4.78 is 4.86. The van der Waals surface area contributed by atoms with Crippen LogP contribution in [-0.2, 0) is 9.53 Å². The maximum Gasteiger partial charge on any atom is 0.330 e. The molecular formula is C14H22O2. The van der Waals surface area contributed by atoms with Gasteiger partial charge in [-0.05, 0) is 52.4 Å². The minimum atomic E-state index is -0.214. The molecule has 1 fully saturated rings. The van der Waals surface area contributed by atoms with Gasteiger partial charge in [0.1, 0.15) is 0 Å². The second-order valence-corrected chi connectivity index (χ2v) is 4.35. The highest BCUT2D eigenvalue weighted by Crippen LogP contribution is 2.24. The molecule has 0 aliphatic heterocycles. The van der Waals surface area contributed by atoms with Crippen LogP contribution in [0.3, 0.4) is 0 Å². The molecule has 0 aromatic heterocycles. The maximum atomic E-state index is 11.2. The maximum absolute atomic E-state index is 11.2. The number of hydrogen-bond acceptors (Lipinski definition) is 2. The van der Waals surface area contributed by atoms with E-state index >= 15 is 0 Å². The predicted molar refractivity (Wildman–Crippen MR) is 66.2 cm³/mol. The molecule has 0 aromatic rings. The molecule has 2 nitrogen and oxygen atoms in total. The molecule has 1 aliphatic rings. The zero-order chi connectivity index (χ0) is 11.8. The normalized spacial score (nSPS) is 16.4.